The molecule has 0 spiro atoms. The number of pyridine rings is 1. The molecule has 0 unspecified atom stereocenters. The fraction of sp³-hybridized carbons (Fsp3) is 0.182. The largest absolute Gasteiger partial charge is 0.264 e. The lowest BCUT2D eigenvalue weighted by atomic mass is 10.2. The van der Waals surface area contributed by atoms with Crippen LogP contribution in [0, 0.1) is 0 Å². The lowest BCUT2D eigenvalue weighted by molar-refractivity contribution is 0.568. The third-order valence-corrected chi connectivity index (χ3v) is 5.21. The Morgan fingerprint density at radius 1 is 1.35 bits per heavy atom. The Kier molecular flexibility index (Phi) is 3.56. The van der Waals surface area contributed by atoms with Crippen LogP contribution in [-0.2, 0) is 10.0 Å². The van der Waals surface area contributed by atoms with Gasteiger partial charge >= 0.3 is 0 Å². The van der Waals surface area contributed by atoms with Crippen LogP contribution in [0.2, 0.25) is 0 Å². The van der Waals surface area contributed by atoms with Gasteiger partial charge in [-0.2, -0.15) is 0 Å². The predicted octanol–water partition coefficient (Wildman–Crippen LogP) is 2.18. The average Bonchev–Trinajstić information content (AvgIpc) is 2.84. The lowest BCUT2D eigenvalue weighted by Crippen LogP contribution is -2.26. The molecule has 4 nitrogen and oxygen atoms in total. The minimum Gasteiger partial charge on any atom is -0.264 e. The Balaban J connectivity index is 2.17. The van der Waals surface area contributed by atoms with Crippen LogP contribution < -0.4 is 4.72 Å². The van der Waals surface area contributed by atoms with Crippen LogP contribution >= 0.6 is 11.3 Å². The fourth-order valence-electron chi connectivity index (χ4n) is 1.41. The third-order valence-electron chi connectivity index (χ3n) is 2.28. The van der Waals surface area contributed by atoms with Gasteiger partial charge in [-0.15, -0.1) is 11.3 Å². The molecule has 1 atom stereocenters. The highest BCUT2D eigenvalue weighted by molar-refractivity contribution is 7.91. The van der Waals surface area contributed by atoms with E-state index in [4.69, 9.17) is 0 Å². The molecule has 0 aromatic carbocycles. The van der Waals surface area contributed by atoms with E-state index < -0.39 is 10.0 Å². The zero-order valence-electron chi connectivity index (χ0n) is 9.20. The number of thiophene rings is 1. The monoisotopic (exact) mass is 268 g/mol. The highest BCUT2D eigenvalue weighted by Gasteiger charge is 2.18. The Morgan fingerprint density at radius 3 is 2.76 bits per heavy atom. The van der Waals surface area contributed by atoms with Crippen molar-refractivity contribution in [2.24, 2.45) is 0 Å². The Bertz CT molecular complexity index is 565. The molecule has 2 aromatic heterocycles. The zero-order chi connectivity index (χ0) is 12.3. The van der Waals surface area contributed by atoms with Crippen LogP contribution in [0.15, 0.2) is 46.2 Å². The topological polar surface area (TPSA) is 59.1 Å². The highest BCUT2D eigenvalue weighted by Crippen LogP contribution is 2.19. The van der Waals surface area contributed by atoms with Crippen molar-refractivity contribution < 1.29 is 8.42 Å². The van der Waals surface area contributed by atoms with Crippen molar-refractivity contribution in [1.82, 2.24) is 9.71 Å². The molecule has 2 aromatic rings. The predicted molar refractivity (Wildman–Crippen MR) is 67.3 cm³/mol. The van der Waals surface area contributed by atoms with Crippen LogP contribution in [0.4, 0.5) is 0 Å². The van der Waals surface area contributed by atoms with Crippen molar-refractivity contribution in [3.05, 3.63) is 47.6 Å². The van der Waals surface area contributed by atoms with Crippen molar-refractivity contribution in [3.63, 3.8) is 0 Å². The molecule has 0 aliphatic heterocycles. The van der Waals surface area contributed by atoms with Gasteiger partial charge in [0.05, 0.1) is 0 Å². The normalized spacial score (nSPS) is 13.5. The van der Waals surface area contributed by atoms with E-state index >= 15 is 0 Å². The Morgan fingerprint density at radius 2 is 2.18 bits per heavy atom. The van der Waals surface area contributed by atoms with Gasteiger partial charge in [0.15, 0.2) is 0 Å². The van der Waals surface area contributed by atoms with Gasteiger partial charge in [0, 0.05) is 18.4 Å². The maximum atomic E-state index is 12.0. The smallest absolute Gasteiger partial charge is 0.250 e. The van der Waals surface area contributed by atoms with E-state index in [0.29, 0.717) is 4.21 Å². The van der Waals surface area contributed by atoms with Crippen LogP contribution in [0.5, 0.6) is 0 Å². The minimum absolute atomic E-state index is 0.296. The van der Waals surface area contributed by atoms with Gasteiger partial charge in [-0.3, -0.25) is 4.98 Å². The second-order valence-electron chi connectivity index (χ2n) is 3.56. The Labute approximate surface area is 104 Å². The Hall–Kier alpha value is -1.24. The van der Waals surface area contributed by atoms with Gasteiger partial charge < -0.3 is 0 Å². The minimum atomic E-state index is -3.42. The summed E-state index contributed by atoms with van der Waals surface area (Å²) in [5.74, 6) is 0. The quantitative estimate of drug-likeness (QED) is 0.924. The molecule has 0 saturated heterocycles. The third kappa shape index (κ3) is 2.91. The molecule has 6 heteroatoms. The van der Waals surface area contributed by atoms with Gasteiger partial charge in [0.2, 0.25) is 0 Å². The molecular weight excluding hydrogens is 256 g/mol. The molecular formula is C11H12N2O2S2. The van der Waals surface area contributed by atoms with E-state index in [1.165, 1.54) is 11.3 Å². The van der Waals surface area contributed by atoms with E-state index in [2.05, 4.69) is 9.71 Å². The van der Waals surface area contributed by atoms with Crippen LogP contribution in [-0.4, -0.2) is 13.4 Å². The second-order valence-corrected chi connectivity index (χ2v) is 6.45. The van der Waals surface area contributed by atoms with Crippen LogP contribution in [0.3, 0.4) is 0 Å². The number of sulfonamides is 1. The summed E-state index contributed by atoms with van der Waals surface area (Å²) in [7, 11) is -3.42. The second kappa shape index (κ2) is 4.95. The number of rotatable bonds is 4. The summed E-state index contributed by atoms with van der Waals surface area (Å²) in [4.78, 5) is 3.97. The average molecular weight is 268 g/mol. The number of hydrogen-bond acceptors (Lipinski definition) is 4. The first kappa shape index (κ1) is 12.2. The lowest BCUT2D eigenvalue weighted by Gasteiger charge is -2.12. The molecule has 90 valence electrons. The molecule has 0 fully saturated rings. The highest BCUT2D eigenvalue weighted by atomic mass is 32.2. The van der Waals surface area contributed by atoms with E-state index in [1.54, 1.807) is 42.9 Å². The van der Waals surface area contributed by atoms with E-state index in [-0.39, 0.29) is 6.04 Å². The van der Waals surface area contributed by atoms with Crippen LogP contribution in [0.25, 0.3) is 0 Å². The maximum Gasteiger partial charge on any atom is 0.250 e. The van der Waals surface area contributed by atoms with E-state index in [9.17, 15) is 8.42 Å². The van der Waals surface area contributed by atoms with Gasteiger partial charge in [-0.25, -0.2) is 13.1 Å². The number of nitrogens with one attached hydrogen (secondary N) is 1. The molecule has 0 aliphatic carbocycles. The van der Waals surface area contributed by atoms with Crippen molar-refractivity contribution >= 4 is 21.4 Å². The summed E-state index contributed by atoms with van der Waals surface area (Å²) in [5, 5.41) is 1.74. The van der Waals surface area contributed by atoms with Crippen LogP contribution in [0.1, 0.15) is 18.5 Å². The summed E-state index contributed by atoms with van der Waals surface area (Å²) in [6.45, 7) is 1.79. The first-order valence-electron chi connectivity index (χ1n) is 5.05. The molecule has 17 heavy (non-hydrogen) atoms. The van der Waals surface area contributed by atoms with Crippen molar-refractivity contribution in [2.75, 3.05) is 0 Å². The molecule has 0 aliphatic rings. The maximum absolute atomic E-state index is 12.0. The van der Waals surface area contributed by atoms with Crippen molar-refractivity contribution in [1.29, 1.82) is 0 Å². The standard InChI is InChI=1S/C11H12N2O2S2/c1-9(10-4-2-6-12-8-10)13-17(14,15)11-5-3-7-16-11/h2-9,13H,1H3/t9-/m1/s1. The molecule has 0 amide bonds. The first-order valence-corrected chi connectivity index (χ1v) is 7.41. The molecule has 2 heterocycles. The van der Waals surface area contributed by atoms with E-state index in [0.717, 1.165) is 5.56 Å². The number of aromatic nitrogens is 1. The molecule has 0 radical (unpaired) electrons. The van der Waals surface area contributed by atoms with E-state index in [1.807, 2.05) is 6.07 Å². The zero-order valence-corrected chi connectivity index (χ0v) is 10.8. The van der Waals surface area contributed by atoms with Crippen molar-refractivity contribution in [3.8, 4) is 0 Å². The first-order chi connectivity index (χ1) is 8.09. The molecule has 1 N–H and O–H groups in total. The number of nitrogens with zero attached hydrogens (tertiary/aromatic N) is 1. The fourth-order valence-corrected chi connectivity index (χ4v) is 3.65. The summed E-state index contributed by atoms with van der Waals surface area (Å²) in [6, 6.07) is 6.63. The van der Waals surface area contributed by atoms with Gasteiger partial charge in [-0.1, -0.05) is 12.1 Å². The van der Waals surface area contributed by atoms with Gasteiger partial charge in [0.25, 0.3) is 10.0 Å². The van der Waals surface area contributed by atoms with Crippen molar-refractivity contribution in [2.45, 2.75) is 17.2 Å². The summed E-state index contributed by atoms with van der Waals surface area (Å²) < 4.78 is 26.9. The van der Waals surface area contributed by atoms with Gasteiger partial charge in [-0.05, 0) is 30.0 Å². The molecule has 2 rings (SSSR count). The SMILES string of the molecule is C[C@@H](NS(=O)(=O)c1cccs1)c1cccnc1. The molecule has 0 saturated carbocycles. The van der Waals surface area contributed by atoms with Gasteiger partial charge in [0.1, 0.15) is 4.21 Å². The summed E-state index contributed by atoms with van der Waals surface area (Å²) in [6.07, 6.45) is 3.31. The summed E-state index contributed by atoms with van der Waals surface area (Å²) in [5.41, 5.74) is 0.840. The summed E-state index contributed by atoms with van der Waals surface area (Å²) >= 11 is 1.20. The number of hydrogen-bond donors (Lipinski definition) is 1. The molecule has 0 bridgehead atoms.